The molecule has 1 saturated heterocycles. The third kappa shape index (κ3) is 4.29. The summed E-state index contributed by atoms with van der Waals surface area (Å²) in [5.74, 6) is 1.06. The molecule has 1 aromatic carbocycles. The Kier molecular flexibility index (Phi) is 6.01. The Morgan fingerprint density at radius 3 is 2.65 bits per heavy atom. The average molecular weight is 355 g/mol. The van der Waals surface area contributed by atoms with Crippen molar-refractivity contribution in [2.24, 2.45) is 0 Å². The highest BCUT2D eigenvalue weighted by Crippen LogP contribution is 2.26. The number of hydrogen-bond donors (Lipinski definition) is 1. The van der Waals surface area contributed by atoms with E-state index in [4.69, 9.17) is 4.74 Å². The van der Waals surface area contributed by atoms with Gasteiger partial charge < -0.3 is 19.9 Å². The van der Waals surface area contributed by atoms with Gasteiger partial charge >= 0.3 is 0 Å². The van der Waals surface area contributed by atoms with E-state index in [1.165, 1.54) is 0 Å². The lowest BCUT2D eigenvalue weighted by atomic mass is 10.2. The topological polar surface area (TPSA) is 70.6 Å². The molecule has 7 nitrogen and oxygen atoms in total. The molecule has 0 bridgehead atoms. The Bertz CT molecular complexity index is 744. The van der Waals surface area contributed by atoms with E-state index in [2.05, 4.69) is 27.1 Å². The number of anilines is 2. The van der Waals surface area contributed by atoms with E-state index in [0.717, 1.165) is 44.2 Å². The van der Waals surface area contributed by atoms with Gasteiger partial charge in [-0.1, -0.05) is 19.1 Å². The van der Waals surface area contributed by atoms with Gasteiger partial charge in [0.2, 0.25) is 5.95 Å². The molecule has 1 fully saturated rings. The van der Waals surface area contributed by atoms with Crippen molar-refractivity contribution in [2.45, 2.75) is 13.8 Å². The molecule has 0 aliphatic carbocycles. The maximum atomic E-state index is 12.7. The molecule has 0 saturated carbocycles. The van der Waals surface area contributed by atoms with Crippen LogP contribution in [0, 0.1) is 0 Å². The monoisotopic (exact) mass is 355 g/mol. The molecule has 1 amide bonds. The zero-order chi connectivity index (χ0) is 18.4. The molecule has 138 valence electrons. The number of nitrogens with one attached hydrogen (secondary N) is 1. The van der Waals surface area contributed by atoms with Crippen LogP contribution >= 0.6 is 0 Å². The summed E-state index contributed by atoms with van der Waals surface area (Å²) in [6, 6.07) is 9.26. The minimum atomic E-state index is -0.0516. The number of piperazine rings is 1. The average Bonchev–Trinajstić information content (AvgIpc) is 2.69. The van der Waals surface area contributed by atoms with Crippen molar-refractivity contribution in [3.63, 3.8) is 0 Å². The number of likely N-dealkylation sites (N-methyl/N-ethyl adjacent to an activating group) is 1. The molecule has 1 aromatic heterocycles. The van der Waals surface area contributed by atoms with Gasteiger partial charge in [0.25, 0.3) is 5.91 Å². The molecule has 0 atom stereocenters. The lowest BCUT2D eigenvalue weighted by molar-refractivity contribution is 0.0637. The van der Waals surface area contributed by atoms with Gasteiger partial charge in [0.05, 0.1) is 12.3 Å². The minimum absolute atomic E-state index is 0.0516. The summed E-state index contributed by atoms with van der Waals surface area (Å²) in [6.07, 6.45) is 1.61. The third-order valence-electron chi connectivity index (χ3n) is 4.41. The van der Waals surface area contributed by atoms with E-state index in [-0.39, 0.29) is 5.91 Å². The van der Waals surface area contributed by atoms with Crippen LogP contribution in [0.4, 0.5) is 11.6 Å². The number of hydrogen-bond acceptors (Lipinski definition) is 6. The van der Waals surface area contributed by atoms with Crippen LogP contribution in [0.2, 0.25) is 0 Å². The van der Waals surface area contributed by atoms with Crippen molar-refractivity contribution in [1.82, 2.24) is 19.8 Å². The van der Waals surface area contributed by atoms with E-state index in [1.807, 2.05) is 36.1 Å². The van der Waals surface area contributed by atoms with Crippen LogP contribution in [0.3, 0.4) is 0 Å². The minimum Gasteiger partial charge on any atom is -0.492 e. The highest BCUT2D eigenvalue weighted by molar-refractivity contribution is 5.92. The number of rotatable bonds is 6. The predicted octanol–water partition coefficient (Wildman–Crippen LogP) is 2.40. The van der Waals surface area contributed by atoms with Crippen molar-refractivity contribution in [1.29, 1.82) is 0 Å². The molecule has 2 aromatic rings. The number of para-hydroxylation sites is 2. The molecule has 2 heterocycles. The molecule has 0 unspecified atom stereocenters. The molecule has 7 heteroatoms. The van der Waals surface area contributed by atoms with Gasteiger partial charge in [-0.3, -0.25) is 4.79 Å². The molecular weight excluding hydrogens is 330 g/mol. The van der Waals surface area contributed by atoms with Gasteiger partial charge in [-0.2, -0.15) is 0 Å². The van der Waals surface area contributed by atoms with Crippen molar-refractivity contribution in [2.75, 3.05) is 44.6 Å². The molecule has 0 radical (unpaired) electrons. The summed E-state index contributed by atoms with van der Waals surface area (Å²) >= 11 is 0. The van der Waals surface area contributed by atoms with Gasteiger partial charge in [0.15, 0.2) is 0 Å². The van der Waals surface area contributed by atoms with E-state index in [1.54, 1.807) is 12.3 Å². The van der Waals surface area contributed by atoms with E-state index in [0.29, 0.717) is 18.2 Å². The summed E-state index contributed by atoms with van der Waals surface area (Å²) in [4.78, 5) is 25.6. The summed E-state index contributed by atoms with van der Waals surface area (Å²) in [5.41, 5.74) is 1.18. The van der Waals surface area contributed by atoms with Crippen molar-refractivity contribution in [3.8, 4) is 5.75 Å². The summed E-state index contributed by atoms with van der Waals surface area (Å²) in [7, 11) is 0. The van der Waals surface area contributed by atoms with Crippen LogP contribution in [0.1, 0.15) is 24.3 Å². The fraction of sp³-hybridized carbons (Fsp3) is 0.421. The number of ether oxygens (including phenoxy) is 1. The second-order valence-electron chi connectivity index (χ2n) is 6.05. The second-order valence-corrected chi connectivity index (χ2v) is 6.05. The van der Waals surface area contributed by atoms with Crippen molar-refractivity contribution < 1.29 is 9.53 Å². The van der Waals surface area contributed by atoms with Crippen LogP contribution < -0.4 is 10.1 Å². The number of benzene rings is 1. The van der Waals surface area contributed by atoms with Gasteiger partial charge in [-0.25, -0.2) is 9.97 Å². The quantitative estimate of drug-likeness (QED) is 0.858. The van der Waals surface area contributed by atoms with E-state index < -0.39 is 0 Å². The number of nitrogens with zero attached hydrogens (tertiary/aromatic N) is 4. The van der Waals surface area contributed by atoms with Crippen molar-refractivity contribution in [3.05, 3.63) is 42.2 Å². The first kappa shape index (κ1) is 18.1. The molecule has 3 rings (SSSR count). The van der Waals surface area contributed by atoms with Crippen LogP contribution in [-0.4, -0.2) is 65.0 Å². The van der Waals surface area contributed by atoms with Crippen LogP contribution in [0.5, 0.6) is 5.75 Å². The van der Waals surface area contributed by atoms with Gasteiger partial charge in [-0.15, -0.1) is 0 Å². The Morgan fingerprint density at radius 2 is 1.92 bits per heavy atom. The zero-order valence-electron chi connectivity index (χ0n) is 15.3. The first-order valence-electron chi connectivity index (χ1n) is 9.04. The SMILES string of the molecule is CCOc1ccccc1Nc1nccc(C(=O)N2CCN(CC)CC2)n1. The molecule has 0 spiro atoms. The lowest BCUT2D eigenvalue weighted by Crippen LogP contribution is -2.48. The highest BCUT2D eigenvalue weighted by Gasteiger charge is 2.22. The molecule has 1 aliphatic heterocycles. The van der Waals surface area contributed by atoms with Crippen LogP contribution in [0.25, 0.3) is 0 Å². The van der Waals surface area contributed by atoms with E-state index >= 15 is 0 Å². The second kappa shape index (κ2) is 8.62. The maximum Gasteiger partial charge on any atom is 0.272 e. The highest BCUT2D eigenvalue weighted by atomic mass is 16.5. The summed E-state index contributed by atoms with van der Waals surface area (Å²) in [5, 5.41) is 3.15. The van der Waals surface area contributed by atoms with Crippen LogP contribution in [0.15, 0.2) is 36.5 Å². The van der Waals surface area contributed by atoms with Gasteiger partial charge in [0.1, 0.15) is 11.4 Å². The Labute approximate surface area is 154 Å². The summed E-state index contributed by atoms with van der Waals surface area (Å²) in [6.45, 7) is 8.93. The van der Waals surface area contributed by atoms with Crippen LogP contribution in [-0.2, 0) is 0 Å². The number of amides is 1. The fourth-order valence-corrected chi connectivity index (χ4v) is 2.94. The Balaban J connectivity index is 1.71. The molecular formula is C19H25N5O2. The maximum absolute atomic E-state index is 12.7. The smallest absolute Gasteiger partial charge is 0.272 e. The molecule has 26 heavy (non-hydrogen) atoms. The number of carbonyl (C=O) groups excluding carboxylic acids is 1. The van der Waals surface area contributed by atoms with Gasteiger partial charge in [0, 0.05) is 32.4 Å². The normalized spacial score (nSPS) is 14.9. The van der Waals surface area contributed by atoms with Gasteiger partial charge in [-0.05, 0) is 31.7 Å². The third-order valence-corrected chi connectivity index (χ3v) is 4.41. The van der Waals surface area contributed by atoms with Crippen molar-refractivity contribution >= 4 is 17.5 Å². The largest absolute Gasteiger partial charge is 0.492 e. The number of carbonyl (C=O) groups is 1. The fourth-order valence-electron chi connectivity index (χ4n) is 2.94. The first-order chi connectivity index (χ1) is 12.7. The zero-order valence-corrected chi connectivity index (χ0v) is 15.3. The van der Waals surface area contributed by atoms with E-state index in [9.17, 15) is 4.79 Å². The molecule has 1 aliphatic rings. The first-order valence-corrected chi connectivity index (χ1v) is 9.04. The standard InChI is InChI=1S/C19H25N5O2/c1-3-23-11-13-24(14-12-23)18(25)16-9-10-20-19(22-16)21-15-7-5-6-8-17(15)26-4-2/h5-10H,3-4,11-14H2,1-2H3,(H,20,21,22). The summed E-state index contributed by atoms with van der Waals surface area (Å²) < 4.78 is 5.60. The molecule has 1 N–H and O–H groups in total. The lowest BCUT2D eigenvalue weighted by Gasteiger charge is -2.33. The number of aromatic nitrogens is 2. The Hall–Kier alpha value is -2.67. The Morgan fingerprint density at radius 1 is 1.15 bits per heavy atom. The predicted molar refractivity (Wildman–Crippen MR) is 101 cm³/mol.